The third-order valence-corrected chi connectivity index (χ3v) is 2.45. The minimum atomic E-state index is -1.07. The zero-order chi connectivity index (χ0) is 17.7. The highest BCUT2D eigenvalue weighted by molar-refractivity contribution is 5.94. The molecule has 0 atom stereocenters. The van der Waals surface area contributed by atoms with Crippen molar-refractivity contribution in [3.63, 3.8) is 0 Å². The van der Waals surface area contributed by atoms with Crippen LogP contribution in [0.25, 0.3) is 0 Å². The number of carbonyl (C=O) groups is 3. The summed E-state index contributed by atoms with van der Waals surface area (Å²) in [6.45, 7) is 12.2. The van der Waals surface area contributed by atoms with Crippen molar-refractivity contribution in [2.75, 3.05) is 6.61 Å². The summed E-state index contributed by atoms with van der Waals surface area (Å²) in [5, 5.41) is 16.6. The van der Waals surface area contributed by atoms with Crippen LogP contribution in [0.1, 0.15) is 40.0 Å². The molecule has 0 radical (unpaired) electrons. The number of hydrogen-bond acceptors (Lipinski definition) is 4. The zero-order valence-electron chi connectivity index (χ0n) is 13.3. The summed E-state index contributed by atoms with van der Waals surface area (Å²) in [5.41, 5.74) is 0.387. The average molecular weight is 312 g/mol. The van der Waals surface area contributed by atoms with Crippen LogP contribution >= 0.6 is 0 Å². The maximum atomic E-state index is 11.2. The zero-order valence-corrected chi connectivity index (χ0v) is 13.3. The molecule has 0 aliphatic rings. The maximum absolute atomic E-state index is 11.2. The molecule has 0 aliphatic heterocycles. The first kappa shape index (κ1) is 21.9. The number of rotatable bonds is 8. The Morgan fingerprint density at radius 2 is 1.64 bits per heavy atom. The molecule has 0 fully saturated rings. The van der Waals surface area contributed by atoms with Gasteiger partial charge < -0.3 is 14.9 Å². The van der Waals surface area contributed by atoms with E-state index in [1.807, 2.05) is 6.92 Å². The van der Waals surface area contributed by atoms with Crippen LogP contribution in [0.4, 0.5) is 0 Å². The van der Waals surface area contributed by atoms with E-state index in [2.05, 4.69) is 13.2 Å². The summed E-state index contributed by atoms with van der Waals surface area (Å²) < 4.78 is 4.85. The molecular formula is C16H24O6. The molecule has 0 aliphatic carbocycles. The Kier molecular flexibility index (Phi) is 12.3. The van der Waals surface area contributed by atoms with Crippen molar-refractivity contribution in [1.29, 1.82) is 0 Å². The topological polar surface area (TPSA) is 101 Å². The average Bonchev–Trinajstić information content (AvgIpc) is 2.46. The van der Waals surface area contributed by atoms with Gasteiger partial charge in [-0.05, 0) is 25.8 Å². The number of unbranched alkanes of at least 4 members (excludes halogenated alkanes) is 1. The third kappa shape index (κ3) is 11.5. The molecule has 6 heteroatoms. The van der Waals surface area contributed by atoms with Gasteiger partial charge in [0, 0.05) is 11.1 Å². The highest BCUT2D eigenvalue weighted by Gasteiger charge is 2.08. The Morgan fingerprint density at radius 1 is 1.09 bits per heavy atom. The summed E-state index contributed by atoms with van der Waals surface area (Å²) in [6.07, 6.45) is 3.45. The van der Waals surface area contributed by atoms with Gasteiger partial charge in [-0.15, -0.1) is 0 Å². The van der Waals surface area contributed by atoms with Gasteiger partial charge in [-0.3, -0.25) is 0 Å². The van der Waals surface area contributed by atoms with Gasteiger partial charge in [-0.25, -0.2) is 14.4 Å². The Hall–Kier alpha value is -2.37. The van der Waals surface area contributed by atoms with Crippen molar-refractivity contribution >= 4 is 17.9 Å². The normalized spacial score (nSPS) is 10.0. The first-order valence-electron chi connectivity index (χ1n) is 6.85. The lowest BCUT2D eigenvalue weighted by molar-refractivity contribution is -0.138. The number of carboxylic acids is 2. The third-order valence-electron chi connectivity index (χ3n) is 2.45. The van der Waals surface area contributed by atoms with Crippen molar-refractivity contribution in [3.8, 4) is 0 Å². The van der Waals surface area contributed by atoms with E-state index in [0.717, 1.165) is 12.8 Å². The summed E-state index contributed by atoms with van der Waals surface area (Å²) >= 11 is 0. The molecule has 0 rings (SSSR count). The molecule has 0 aromatic heterocycles. The van der Waals surface area contributed by atoms with Crippen molar-refractivity contribution in [3.05, 3.63) is 36.0 Å². The molecule has 6 nitrogen and oxygen atoms in total. The predicted molar refractivity (Wildman–Crippen MR) is 83.5 cm³/mol. The van der Waals surface area contributed by atoms with Crippen molar-refractivity contribution in [1.82, 2.24) is 0 Å². The van der Waals surface area contributed by atoms with Gasteiger partial charge >= 0.3 is 17.9 Å². The SMILES string of the molecule is C=C(C=C(C)C(=O)O)C(=O)OCCCC.C=C(CC)C(=O)O. The van der Waals surface area contributed by atoms with E-state index in [9.17, 15) is 14.4 Å². The van der Waals surface area contributed by atoms with Gasteiger partial charge in [0.05, 0.1) is 12.2 Å². The van der Waals surface area contributed by atoms with Gasteiger partial charge in [0.15, 0.2) is 0 Å². The Labute approximate surface area is 130 Å². The molecule has 2 N–H and O–H groups in total. The van der Waals surface area contributed by atoms with E-state index < -0.39 is 17.9 Å². The van der Waals surface area contributed by atoms with Gasteiger partial charge in [0.1, 0.15) is 0 Å². The molecule has 0 bridgehead atoms. The molecule has 22 heavy (non-hydrogen) atoms. The minimum absolute atomic E-state index is 0.0611. The summed E-state index contributed by atoms with van der Waals surface area (Å²) in [7, 11) is 0. The van der Waals surface area contributed by atoms with E-state index in [0.29, 0.717) is 13.0 Å². The van der Waals surface area contributed by atoms with Crippen LogP contribution in [-0.2, 0) is 19.1 Å². The first-order valence-corrected chi connectivity index (χ1v) is 6.85. The summed E-state index contributed by atoms with van der Waals surface area (Å²) in [6, 6.07) is 0. The molecule has 0 unspecified atom stereocenters. The van der Waals surface area contributed by atoms with Crippen molar-refractivity contribution in [2.45, 2.75) is 40.0 Å². The molecule has 0 aromatic carbocycles. The fraction of sp³-hybridized carbons (Fsp3) is 0.438. The molecule has 0 spiro atoms. The number of hydrogen-bond donors (Lipinski definition) is 2. The Balaban J connectivity index is 0. The van der Waals surface area contributed by atoms with E-state index in [1.54, 1.807) is 6.92 Å². The van der Waals surface area contributed by atoms with Crippen LogP contribution in [0.2, 0.25) is 0 Å². The molecular weight excluding hydrogens is 288 g/mol. The van der Waals surface area contributed by atoms with Crippen LogP contribution in [0.5, 0.6) is 0 Å². The molecule has 0 saturated heterocycles. The maximum Gasteiger partial charge on any atom is 0.337 e. The largest absolute Gasteiger partial charge is 0.478 e. The van der Waals surface area contributed by atoms with Gasteiger partial charge in [0.25, 0.3) is 0 Å². The van der Waals surface area contributed by atoms with Crippen LogP contribution in [-0.4, -0.2) is 34.7 Å². The van der Waals surface area contributed by atoms with Crippen molar-refractivity contribution < 1.29 is 29.3 Å². The van der Waals surface area contributed by atoms with E-state index in [-0.39, 0.29) is 16.7 Å². The molecule has 0 aromatic rings. The second-order valence-corrected chi connectivity index (χ2v) is 4.41. The smallest absolute Gasteiger partial charge is 0.337 e. The standard InChI is InChI=1S/C11H16O4.C5H8O2/c1-4-5-6-15-11(14)9(3)7-8(2)10(12)13;1-3-4(2)5(6)7/h7H,3-6H2,1-2H3,(H,12,13);2-3H2,1H3,(H,6,7). The number of carbonyl (C=O) groups excluding carboxylic acids is 1. The number of aliphatic carboxylic acids is 2. The van der Waals surface area contributed by atoms with Crippen LogP contribution in [0, 0.1) is 0 Å². The van der Waals surface area contributed by atoms with E-state index in [4.69, 9.17) is 14.9 Å². The number of carboxylic acid groups (broad SMARTS) is 2. The number of ether oxygens (including phenoxy) is 1. The predicted octanol–water partition coefficient (Wildman–Crippen LogP) is 2.95. The first-order chi connectivity index (χ1) is 10.2. The molecule has 0 heterocycles. The quantitative estimate of drug-likeness (QED) is 0.309. The lowest BCUT2D eigenvalue weighted by Crippen LogP contribution is -2.08. The summed E-state index contributed by atoms with van der Waals surface area (Å²) in [5.74, 6) is -2.54. The Bertz CT molecular complexity index is 459. The lowest BCUT2D eigenvalue weighted by atomic mass is 10.2. The van der Waals surface area contributed by atoms with Gasteiger partial charge in [-0.1, -0.05) is 33.4 Å². The highest BCUT2D eigenvalue weighted by Crippen LogP contribution is 2.03. The Morgan fingerprint density at radius 3 is 1.95 bits per heavy atom. The lowest BCUT2D eigenvalue weighted by Gasteiger charge is -2.03. The van der Waals surface area contributed by atoms with Gasteiger partial charge in [-0.2, -0.15) is 0 Å². The molecule has 124 valence electrons. The summed E-state index contributed by atoms with van der Waals surface area (Å²) in [4.78, 5) is 31.5. The fourth-order valence-corrected chi connectivity index (χ4v) is 0.935. The van der Waals surface area contributed by atoms with Crippen LogP contribution < -0.4 is 0 Å². The van der Waals surface area contributed by atoms with Gasteiger partial charge in [0.2, 0.25) is 0 Å². The monoisotopic (exact) mass is 312 g/mol. The second kappa shape index (κ2) is 12.4. The van der Waals surface area contributed by atoms with Crippen molar-refractivity contribution in [2.24, 2.45) is 0 Å². The number of esters is 1. The van der Waals surface area contributed by atoms with E-state index in [1.165, 1.54) is 13.0 Å². The minimum Gasteiger partial charge on any atom is -0.478 e. The highest BCUT2D eigenvalue weighted by atomic mass is 16.5. The fourth-order valence-electron chi connectivity index (χ4n) is 0.935. The second-order valence-electron chi connectivity index (χ2n) is 4.41. The molecule has 0 saturated carbocycles. The van der Waals surface area contributed by atoms with E-state index >= 15 is 0 Å². The van der Waals surface area contributed by atoms with Crippen LogP contribution in [0.15, 0.2) is 36.0 Å². The molecule has 0 amide bonds. The van der Waals surface area contributed by atoms with Crippen LogP contribution in [0.3, 0.4) is 0 Å².